The number of unbranched alkanes of at least 4 members (excludes halogenated alkanes) is 1. The number of rotatable bonds is 20. The number of likely N-dealkylation sites (tertiary alicyclic amines) is 1. The van der Waals surface area contributed by atoms with E-state index in [-0.39, 0.29) is 70.1 Å². The summed E-state index contributed by atoms with van der Waals surface area (Å²) in [6, 6.07) is 13.5. The second kappa shape index (κ2) is 21.2. The number of carbonyl (C=O) groups excluding carboxylic acids is 4. The average Bonchev–Trinajstić information content (AvgIpc) is 3.14. The van der Waals surface area contributed by atoms with Crippen molar-refractivity contribution in [2.75, 3.05) is 32.9 Å². The molecule has 5 amide bonds. The molecule has 53 heavy (non-hydrogen) atoms. The molecule has 2 aromatic carbocycles. The van der Waals surface area contributed by atoms with Crippen molar-refractivity contribution in [2.45, 2.75) is 95.0 Å². The fraction of sp³-hybridized carbons (Fsp3) is 0.553. The number of hydrogen-bond acceptors (Lipinski definition) is 8. The van der Waals surface area contributed by atoms with Gasteiger partial charge in [-0.25, -0.2) is 9.18 Å². The molecule has 2 aromatic rings. The molecule has 0 spiro atoms. The van der Waals surface area contributed by atoms with E-state index >= 15 is 0 Å². The lowest BCUT2D eigenvalue weighted by molar-refractivity contribution is -0.148. The number of hydrogen-bond donors (Lipinski definition) is 7. The van der Waals surface area contributed by atoms with Gasteiger partial charge in [-0.2, -0.15) is 0 Å². The highest BCUT2D eigenvalue weighted by atomic mass is 19.1. The van der Waals surface area contributed by atoms with Gasteiger partial charge in [-0.3, -0.25) is 19.2 Å². The van der Waals surface area contributed by atoms with Crippen LogP contribution in [0.3, 0.4) is 0 Å². The number of benzene rings is 2. The van der Waals surface area contributed by atoms with E-state index in [1.54, 1.807) is 0 Å². The maximum absolute atomic E-state index is 14.1. The summed E-state index contributed by atoms with van der Waals surface area (Å²) in [4.78, 5) is 70.0. The van der Waals surface area contributed by atoms with Gasteiger partial charge in [0.15, 0.2) is 0 Å². The second-order valence-electron chi connectivity index (χ2n) is 14.3. The van der Waals surface area contributed by atoms with E-state index in [9.17, 15) is 33.5 Å². The lowest BCUT2D eigenvalue weighted by atomic mass is 9.88. The quantitative estimate of drug-likeness (QED) is 0.0979. The Morgan fingerprint density at radius 1 is 0.868 bits per heavy atom. The highest BCUT2D eigenvalue weighted by molar-refractivity contribution is 5.94. The fourth-order valence-electron chi connectivity index (χ4n) is 6.21. The van der Waals surface area contributed by atoms with Crippen molar-refractivity contribution in [3.8, 4) is 0 Å². The number of carboxylic acid groups (broad SMARTS) is 1. The van der Waals surface area contributed by atoms with Crippen LogP contribution in [0.2, 0.25) is 0 Å². The Balaban J connectivity index is 1.83. The zero-order chi connectivity index (χ0) is 39.0. The van der Waals surface area contributed by atoms with Crippen LogP contribution in [0.25, 0.3) is 0 Å². The molecule has 1 fully saturated rings. The number of nitrogens with one attached hydrogen (secondary N) is 3. The zero-order valence-electron chi connectivity index (χ0n) is 30.8. The van der Waals surface area contributed by atoms with Gasteiger partial charge in [0, 0.05) is 32.6 Å². The van der Waals surface area contributed by atoms with Crippen molar-refractivity contribution in [2.24, 2.45) is 23.1 Å². The molecular formula is C38H57FN8O6. The van der Waals surface area contributed by atoms with E-state index in [0.717, 1.165) is 11.1 Å². The Labute approximate surface area is 311 Å². The molecule has 15 heteroatoms. The predicted octanol–water partition coefficient (Wildman–Crippen LogP) is 1.66. The molecule has 0 radical (unpaired) electrons. The van der Waals surface area contributed by atoms with Crippen LogP contribution in [0.5, 0.6) is 0 Å². The van der Waals surface area contributed by atoms with Crippen LogP contribution in [0.4, 0.5) is 9.18 Å². The van der Waals surface area contributed by atoms with Crippen LogP contribution < -0.4 is 33.2 Å². The first-order valence-corrected chi connectivity index (χ1v) is 18.3. The lowest BCUT2D eigenvalue weighted by Gasteiger charge is -2.38. The average molecular weight is 741 g/mol. The molecule has 292 valence electrons. The van der Waals surface area contributed by atoms with Crippen molar-refractivity contribution in [3.05, 3.63) is 71.8 Å². The van der Waals surface area contributed by atoms with Crippen LogP contribution in [0, 0.1) is 5.92 Å². The normalized spacial score (nSPS) is 16.2. The molecule has 14 nitrogen and oxygen atoms in total. The molecule has 1 aliphatic rings. The lowest BCUT2D eigenvalue weighted by Crippen LogP contribution is -2.60. The topological polar surface area (TPSA) is 226 Å². The molecule has 0 aromatic heterocycles. The van der Waals surface area contributed by atoms with Gasteiger partial charge in [0.1, 0.15) is 30.3 Å². The number of carboxylic acids is 1. The summed E-state index contributed by atoms with van der Waals surface area (Å²) in [6.07, 6.45) is 1.93. The molecule has 1 aliphatic heterocycles. The van der Waals surface area contributed by atoms with Crippen molar-refractivity contribution in [1.29, 1.82) is 0 Å². The van der Waals surface area contributed by atoms with Gasteiger partial charge in [0.2, 0.25) is 17.7 Å². The first-order chi connectivity index (χ1) is 25.3. The monoisotopic (exact) mass is 740 g/mol. The number of carbonyl (C=O) groups is 5. The minimum atomic E-state index is -1.43. The second-order valence-corrected chi connectivity index (χ2v) is 14.3. The Morgan fingerprint density at radius 3 is 1.98 bits per heavy atom. The van der Waals surface area contributed by atoms with Gasteiger partial charge >= 0.3 is 12.0 Å². The summed E-state index contributed by atoms with van der Waals surface area (Å²) in [7, 11) is 0. The summed E-state index contributed by atoms with van der Waals surface area (Å²) in [5.41, 5.74) is 17.8. The van der Waals surface area contributed by atoms with E-state index in [1.807, 2.05) is 74.5 Å². The summed E-state index contributed by atoms with van der Waals surface area (Å²) in [6.45, 7) is 3.60. The Hall–Kier alpha value is -4.60. The van der Waals surface area contributed by atoms with Crippen molar-refractivity contribution >= 4 is 29.7 Å². The van der Waals surface area contributed by atoms with Gasteiger partial charge in [-0.15, -0.1) is 0 Å². The SMILES string of the molecule is CC(C)C[C@@H](NC(=O)[C@@H](Cc1ccccc1)NC(=O)N(Cc1ccccc1)CC(N)CF)C(=O)N[C@H](CCCCN)C(=O)N1CCC(N)(C(=O)O)CC1. The van der Waals surface area contributed by atoms with Crippen molar-refractivity contribution in [1.82, 2.24) is 25.8 Å². The van der Waals surface area contributed by atoms with Gasteiger partial charge in [0.05, 0.1) is 6.04 Å². The van der Waals surface area contributed by atoms with Gasteiger partial charge in [0.25, 0.3) is 0 Å². The van der Waals surface area contributed by atoms with Crippen LogP contribution in [0.1, 0.15) is 63.5 Å². The third-order valence-corrected chi connectivity index (χ3v) is 9.35. The fourth-order valence-corrected chi connectivity index (χ4v) is 6.21. The summed E-state index contributed by atoms with van der Waals surface area (Å²) < 4.78 is 13.5. The van der Waals surface area contributed by atoms with E-state index in [2.05, 4.69) is 16.0 Å². The van der Waals surface area contributed by atoms with E-state index in [0.29, 0.717) is 19.4 Å². The first kappa shape index (κ1) is 42.8. The van der Waals surface area contributed by atoms with Gasteiger partial charge in [-0.05, 0) is 62.1 Å². The minimum Gasteiger partial charge on any atom is -0.480 e. The van der Waals surface area contributed by atoms with Crippen molar-refractivity contribution in [3.63, 3.8) is 0 Å². The minimum absolute atomic E-state index is 0.0426. The van der Waals surface area contributed by atoms with E-state index in [4.69, 9.17) is 17.2 Å². The molecule has 1 heterocycles. The number of urea groups is 1. The molecule has 10 N–H and O–H groups in total. The molecule has 3 rings (SSSR count). The molecule has 0 bridgehead atoms. The largest absolute Gasteiger partial charge is 0.480 e. The highest BCUT2D eigenvalue weighted by Gasteiger charge is 2.40. The van der Waals surface area contributed by atoms with E-state index < -0.39 is 60.2 Å². The maximum atomic E-state index is 14.1. The molecule has 0 saturated carbocycles. The summed E-state index contributed by atoms with van der Waals surface area (Å²) in [5, 5.41) is 18.0. The maximum Gasteiger partial charge on any atom is 0.323 e. The number of piperidine rings is 1. The highest BCUT2D eigenvalue weighted by Crippen LogP contribution is 2.21. The smallest absolute Gasteiger partial charge is 0.323 e. The van der Waals surface area contributed by atoms with Gasteiger partial charge < -0.3 is 48.1 Å². The Bertz CT molecular complexity index is 1480. The zero-order valence-corrected chi connectivity index (χ0v) is 30.8. The third-order valence-electron chi connectivity index (χ3n) is 9.35. The molecular weight excluding hydrogens is 683 g/mol. The van der Waals surface area contributed by atoms with Crippen molar-refractivity contribution < 1.29 is 33.5 Å². The molecule has 0 aliphatic carbocycles. The Morgan fingerprint density at radius 2 is 1.43 bits per heavy atom. The first-order valence-electron chi connectivity index (χ1n) is 18.3. The Kier molecular flexibility index (Phi) is 17.1. The molecule has 1 unspecified atom stereocenters. The number of alkyl halides is 1. The standard InChI is InChI=1S/C38H57FN8O6/c1-26(2)21-31(33(48)43-30(15-9-10-18-40)35(50)46-19-16-38(42,17-20-46)36(51)52)44-34(49)32(22-27-11-5-3-6-12-27)45-37(53)47(25-29(41)23-39)24-28-13-7-4-8-14-28/h3-8,11-14,26,29-32H,9-10,15-25,40-42H2,1-2H3,(H,43,48)(H,44,49)(H,45,53)(H,51,52)/t29?,30-,31-,32-/m1/s1. The number of amides is 5. The predicted molar refractivity (Wildman–Crippen MR) is 200 cm³/mol. The molecule has 4 atom stereocenters. The molecule has 1 saturated heterocycles. The van der Waals surface area contributed by atoms with Crippen LogP contribution in [0.15, 0.2) is 60.7 Å². The number of nitrogens with two attached hydrogens (primary N) is 3. The number of halogens is 1. The summed E-state index contributed by atoms with van der Waals surface area (Å²) >= 11 is 0. The van der Waals surface area contributed by atoms with Crippen LogP contribution in [-0.4, -0.2) is 107 Å². The van der Waals surface area contributed by atoms with E-state index in [1.165, 1.54) is 9.80 Å². The third kappa shape index (κ3) is 13.7. The number of aliphatic carboxylic acids is 1. The number of nitrogens with zero attached hydrogens (tertiary/aromatic N) is 2. The van der Waals surface area contributed by atoms with Crippen LogP contribution >= 0.6 is 0 Å². The van der Waals surface area contributed by atoms with Crippen LogP contribution in [-0.2, 0) is 32.1 Å². The summed E-state index contributed by atoms with van der Waals surface area (Å²) in [5.74, 6) is -2.72. The van der Waals surface area contributed by atoms with Gasteiger partial charge in [-0.1, -0.05) is 74.5 Å².